The van der Waals surface area contributed by atoms with Gasteiger partial charge in [-0.15, -0.1) is 34.9 Å². The molecule has 1 aromatic rings. The Kier molecular flexibility index (Phi) is 4.00. The van der Waals surface area contributed by atoms with Crippen LogP contribution in [0.2, 0.25) is 0 Å². The Balaban J connectivity index is 1.83. The van der Waals surface area contributed by atoms with Gasteiger partial charge in [-0.1, -0.05) is 0 Å². The molecule has 2 aliphatic rings. The van der Waals surface area contributed by atoms with E-state index in [2.05, 4.69) is 4.98 Å². The van der Waals surface area contributed by atoms with Crippen LogP contribution in [0.3, 0.4) is 0 Å². The lowest BCUT2D eigenvalue weighted by Crippen LogP contribution is -2.64. The summed E-state index contributed by atoms with van der Waals surface area (Å²) in [5.41, 5.74) is 3.43. The van der Waals surface area contributed by atoms with Crippen LogP contribution in [0, 0.1) is 6.92 Å². The minimum absolute atomic E-state index is 0.0312. The average molecular weight is 344 g/mol. The van der Waals surface area contributed by atoms with Crippen molar-refractivity contribution < 1.29 is 19.8 Å². The molecule has 0 bridgehead atoms. The summed E-state index contributed by atoms with van der Waals surface area (Å²) in [5, 5.41) is 18.5. The van der Waals surface area contributed by atoms with E-state index in [1.54, 1.807) is 5.51 Å². The summed E-state index contributed by atoms with van der Waals surface area (Å²) in [7, 11) is 0. The van der Waals surface area contributed by atoms with Crippen molar-refractivity contribution in [3.05, 3.63) is 22.5 Å². The monoisotopic (exact) mass is 344 g/mol. The number of rotatable bonds is 4. The van der Waals surface area contributed by atoms with Crippen molar-refractivity contribution in [2.45, 2.75) is 22.6 Å². The quantitative estimate of drug-likeness (QED) is 0.625. The number of aliphatic hydroxyl groups is 1. The van der Waals surface area contributed by atoms with E-state index in [-0.39, 0.29) is 5.70 Å². The number of aliphatic hydroxyl groups excluding tert-OH is 1. The molecule has 1 aromatic heterocycles. The Morgan fingerprint density at radius 1 is 1.62 bits per heavy atom. The number of thiazole rings is 1. The molecule has 1 saturated heterocycles. The number of thioether (sulfide) groups is 2. The highest BCUT2D eigenvalue weighted by molar-refractivity contribution is 8.02. The van der Waals surface area contributed by atoms with Gasteiger partial charge < -0.3 is 10.2 Å². The first-order valence-electron chi connectivity index (χ1n) is 6.11. The maximum Gasteiger partial charge on any atom is 0.352 e. The fourth-order valence-corrected chi connectivity index (χ4v) is 5.53. The Hall–Kier alpha value is -1.03. The van der Waals surface area contributed by atoms with Crippen molar-refractivity contribution in [1.82, 2.24) is 9.88 Å². The van der Waals surface area contributed by atoms with Crippen LogP contribution in [0.1, 0.15) is 5.69 Å². The van der Waals surface area contributed by atoms with Crippen molar-refractivity contribution in [3.63, 3.8) is 0 Å². The molecule has 3 rings (SSSR count). The van der Waals surface area contributed by atoms with Gasteiger partial charge in [0, 0.05) is 11.5 Å². The molecule has 2 N–H and O–H groups in total. The van der Waals surface area contributed by atoms with Crippen LogP contribution in [0.25, 0.3) is 0 Å². The molecule has 1 amide bonds. The Morgan fingerprint density at radius 3 is 3.00 bits per heavy atom. The number of carbonyl (C=O) groups is 2. The van der Waals surface area contributed by atoms with Crippen LogP contribution in [-0.2, 0) is 9.59 Å². The second-order valence-corrected chi connectivity index (χ2v) is 7.83. The van der Waals surface area contributed by atoms with Gasteiger partial charge in [-0.25, -0.2) is 9.78 Å². The van der Waals surface area contributed by atoms with E-state index in [4.69, 9.17) is 0 Å². The number of hydrogen-bond acceptors (Lipinski definition) is 7. The van der Waals surface area contributed by atoms with Gasteiger partial charge in [0.15, 0.2) is 6.10 Å². The van der Waals surface area contributed by atoms with Crippen molar-refractivity contribution >= 4 is 46.7 Å². The molecular formula is C12H12N2O4S3. The summed E-state index contributed by atoms with van der Waals surface area (Å²) < 4.78 is 1.05. The lowest BCUT2D eigenvalue weighted by Gasteiger charge is -2.47. The first-order chi connectivity index (χ1) is 10.0. The third-order valence-electron chi connectivity index (χ3n) is 3.30. The second kappa shape index (κ2) is 5.64. The zero-order chi connectivity index (χ0) is 15.1. The third-order valence-corrected chi connectivity index (χ3v) is 7.04. The summed E-state index contributed by atoms with van der Waals surface area (Å²) >= 11 is 4.45. The van der Waals surface area contributed by atoms with E-state index >= 15 is 0 Å². The van der Waals surface area contributed by atoms with Crippen LogP contribution in [0.5, 0.6) is 0 Å². The smallest absolute Gasteiger partial charge is 0.352 e. The first kappa shape index (κ1) is 14.9. The fraction of sp³-hybridized carbons (Fsp3) is 0.417. The minimum atomic E-state index is -1.11. The van der Waals surface area contributed by atoms with Gasteiger partial charge in [-0.2, -0.15) is 0 Å². The van der Waals surface area contributed by atoms with Crippen molar-refractivity contribution in [1.29, 1.82) is 0 Å². The molecule has 2 atom stereocenters. The maximum atomic E-state index is 11.7. The van der Waals surface area contributed by atoms with Gasteiger partial charge in [-0.3, -0.25) is 9.69 Å². The number of aliphatic carboxylic acids is 1. The zero-order valence-corrected chi connectivity index (χ0v) is 13.4. The summed E-state index contributed by atoms with van der Waals surface area (Å²) in [6, 6.07) is 0. The van der Waals surface area contributed by atoms with E-state index in [1.165, 1.54) is 39.8 Å². The topological polar surface area (TPSA) is 90.7 Å². The van der Waals surface area contributed by atoms with Crippen molar-refractivity contribution in [3.8, 4) is 0 Å². The van der Waals surface area contributed by atoms with Crippen LogP contribution < -0.4 is 0 Å². The standard InChI is InChI=1S/C12H12N2O4S3/c1-5-12(21-4-13-5)20-3-6-2-19-10-8(15)9(16)14(10)7(6)11(17)18/h4,8,10,15H,2-3H2,1H3,(H,17,18)/t8-,10+/m1/s1. The highest BCUT2D eigenvalue weighted by Gasteiger charge is 2.52. The fourth-order valence-electron chi connectivity index (χ4n) is 2.22. The molecule has 0 saturated carbocycles. The number of aryl methyl sites for hydroxylation is 1. The highest BCUT2D eigenvalue weighted by Crippen LogP contribution is 2.41. The van der Waals surface area contributed by atoms with Gasteiger partial charge >= 0.3 is 5.97 Å². The number of carbonyl (C=O) groups excluding carboxylic acids is 1. The molecule has 21 heavy (non-hydrogen) atoms. The van der Waals surface area contributed by atoms with Gasteiger partial charge in [0.1, 0.15) is 11.1 Å². The normalized spacial score (nSPS) is 24.9. The molecule has 3 heterocycles. The van der Waals surface area contributed by atoms with Gasteiger partial charge in [0.2, 0.25) is 0 Å². The summed E-state index contributed by atoms with van der Waals surface area (Å²) in [5.74, 6) is -0.624. The second-order valence-electron chi connectivity index (χ2n) is 4.63. The SMILES string of the molecule is Cc1ncsc1SCC1=C(C(=O)O)N2C(=O)[C@@H](O)[C@@H]2SC1. The van der Waals surface area contributed by atoms with Crippen LogP contribution in [0.15, 0.2) is 21.0 Å². The zero-order valence-electron chi connectivity index (χ0n) is 11.0. The predicted molar refractivity (Wildman–Crippen MR) is 81.3 cm³/mol. The maximum absolute atomic E-state index is 11.7. The van der Waals surface area contributed by atoms with E-state index in [9.17, 15) is 19.8 Å². The molecule has 9 heteroatoms. The molecule has 0 spiro atoms. The van der Waals surface area contributed by atoms with Crippen LogP contribution in [-0.4, -0.2) is 55.0 Å². The number of aromatic nitrogens is 1. The molecule has 0 unspecified atom stereocenters. The molecule has 2 aliphatic heterocycles. The Morgan fingerprint density at radius 2 is 2.38 bits per heavy atom. The van der Waals surface area contributed by atoms with Crippen molar-refractivity contribution in [2.75, 3.05) is 11.5 Å². The number of carboxylic acid groups (broad SMARTS) is 1. The van der Waals surface area contributed by atoms with Crippen LogP contribution in [0.4, 0.5) is 0 Å². The number of nitrogens with zero attached hydrogens (tertiary/aromatic N) is 2. The molecule has 0 aromatic carbocycles. The summed E-state index contributed by atoms with van der Waals surface area (Å²) in [6.07, 6.45) is -1.08. The molecular weight excluding hydrogens is 332 g/mol. The van der Waals surface area contributed by atoms with E-state index in [0.29, 0.717) is 17.1 Å². The van der Waals surface area contributed by atoms with E-state index < -0.39 is 23.4 Å². The van der Waals surface area contributed by atoms with E-state index in [0.717, 1.165) is 9.90 Å². The number of amides is 1. The molecule has 112 valence electrons. The number of hydrogen-bond donors (Lipinski definition) is 2. The van der Waals surface area contributed by atoms with Gasteiger partial charge in [-0.05, 0) is 12.5 Å². The molecule has 6 nitrogen and oxygen atoms in total. The minimum Gasteiger partial charge on any atom is -0.477 e. The number of carboxylic acids is 1. The first-order valence-corrected chi connectivity index (χ1v) is 9.03. The molecule has 1 fully saturated rings. The average Bonchev–Trinajstić information content (AvgIpc) is 2.88. The van der Waals surface area contributed by atoms with Crippen LogP contribution >= 0.6 is 34.9 Å². The van der Waals surface area contributed by atoms with Gasteiger partial charge in [0.25, 0.3) is 5.91 Å². The lowest BCUT2D eigenvalue weighted by molar-refractivity contribution is -0.159. The Labute approximate surface area is 133 Å². The largest absolute Gasteiger partial charge is 0.477 e. The number of fused-ring (bicyclic) bond motifs is 1. The third kappa shape index (κ3) is 2.48. The molecule has 0 radical (unpaired) electrons. The van der Waals surface area contributed by atoms with Gasteiger partial charge in [0.05, 0.1) is 15.4 Å². The van der Waals surface area contributed by atoms with Crippen molar-refractivity contribution in [2.24, 2.45) is 0 Å². The molecule has 0 aliphatic carbocycles. The predicted octanol–water partition coefficient (Wildman–Crippen LogP) is 1.16. The van der Waals surface area contributed by atoms with E-state index in [1.807, 2.05) is 6.92 Å². The summed E-state index contributed by atoms with van der Waals surface area (Å²) in [6.45, 7) is 1.91. The summed E-state index contributed by atoms with van der Waals surface area (Å²) in [4.78, 5) is 28.5. The highest BCUT2D eigenvalue weighted by atomic mass is 32.2. The lowest BCUT2D eigenvalue weighted by atomic mass is 10.1. The Bertz CT molecular complexity index is 642. The number of β-lactam (4-membered cyclic amide) rings is 1.